The van der Waals surface area contributed by atoms with Crippen LogP contribution in [0.4, 0.5) is 0 Å². The van der Waals surface area contributed by atoms with Crippen molar-refractivity contribution in [1.29, 1.82) is 0 Å². The summed E-state index contributed by atoms with van der Waals surface area (Å²) in [7, 11) is 6.24. The molecule has 2 aliphatic carbocycles. The molecule has 0 heterocycles. The van der Waals surface area contributed by atoms with Crippen molar-refractivity contribution in [3.05, 3.63) is 59.7 Å². The zero-order valence-electron chi connectivity index (χ0n) is 26.1. The molecule has 4 unspecified atom stereocenters. The van der Waals surface area contributed by atoms with Crippen molar-refractivity contribution >= 4 is 23.4 Å². The maximum atomic E-state index is 13.6. The molecular formula is C34H44N2O8. The molecule has 2 amide bonds. The van der Waals surface area contributed by atoms with Gasteiger partial charge in [0.15, 0.2) is 11.6 Å². The summed E-state index contributed by atoms with van der Waals surface area (Å²) in [6, 6.07) is 12.9. The highest BCUT2D eigenvalue weighted by Gasteiger charge is 2.51. The van der Waals surface area contributed by atoms with Gasteiger partial charge in [-0.3, -0.25) is 19.2 Å². The van der Waals surface area contributed by atoms with E-state index in [1.165, 1.54) is 24.0 Å². The molecule has 2 aliphatic rings. The maximum Gasteiger partial charge on any atom is 0.228 e. The molecule has 0 bridgehead atoms. The largest absolute Gasteiger partial charge is 0.497 e. The van der Waals surface area contributed by atoms with E-state index < -0.39 is 34.6 Å². The van der Waals surface area contributed by atoms with Crippen molar-refractivity contribution in [2.75, 3.05) is 41.4 Å². The molecule has 0 aromatic heterocycles. The van der Waals surface area contributed by atoms with Crippen LogP contribution in [0.1, 0.15) is 72.1 Å². The second kappa shape index (κ2) is 13.9. The molecule has 2 aromatic rings. The fourth-order valence-corrected chi connectivity index (χ4v) is 6.55. The summed E-state index contributed by atoms with van der Waals surface area (Å²) >= 11 is 0. The second-order valence-corrected chi connectivity index (χ2v) is 12.1. The van der Waals surface area contributed by atoms with E-state index in [0.29, 0.717) is 61.2 Å². The number of benzene rings is 2. The number of amides is 2. The Balaban J connectivity index is 1.42. The number of ether oxygens (including phenoxy) is 2. The normalized spacial score (nSPS) is 25.0. The molecule has 0 saturated heterocycles. The Kier molecular flexibility index (Phi) is 10.5. The minimum Gasteiger partial charge on any atom is -0.497 e. The molecule has 44 heavy (non-hydrogen) atoms. The number of rotatable bonds is 11. The van der Waals surface area contributed by atoms with Crippen LogP contribution in [0, 0.1) is 11.8 Å². The monoisotopic (exact) mass is 608 g/mol. The van der Waals surface area contributed by atoms with E-state index in [4.69, 9.17) is 9.47 Å². The highest BCUT2D eigenvalue weighted by atomic mass is 16.5. The van der Waals surface area contributed by atoms with Gasteiger partial charge in [-0.2, -0.15) is 0 Å². The number of hydrogen-bond acceptors (Lipinski definition) is 8. The number of hydrogen-bond donors (Lipinski definition) is 2. The molecule has 0 radical (unpaired) electrons. The molecular weight excluding hydrogens is 564 g/mol. The van der Waals surface area contributed by atoms with Gasteiger partial charge in [-0.15, -0.1) is 0 Å². The van der Waals surface area contributed by atoms with E-state index in [0.717, 1.165) is 0 Å². The number of Topliss-reactive ketones (excluding diaryl/α,β-unsaturated/α-hetero) is 2. The van der Waals surface area contributed by atoms with Gasteiger partial charge in [0, 0.05) is 38.3 Å². The van der Waals surface area contributed by atoms with Crippen molar-refractivity contribution in [1.82, 2.24) is 9.80 Å². The summed E-state index contributed by atoms with van der Waals surface area (Å²) in [6.45, 7) is 0.309. The number of methoxy groups -OCH3 is 2. The molecule has 0 aliphatic heterocycles. The predicted octanol–water partition coefficient (Wildman–Crippen LogP) is 3.53. The van der Waals surface area contributed by atoms with Gasteiger partial charge in [0.25, 0.3) is 0 Å². The van der Waals surface area contributed by atoms with E-state index in [9.17, 15) is 29.4 Å². The van der Waals surface area contributed by atoms with Crippen molar-refractivity contribution in [3.8, 4) is 11.5 Å². The van der Waals surface area contributed by atoms with Crippen LogP contribution >= 0.6 is 0 Å². The Labute approximate surface area is 258 Å². The molecule has 0 spiro atoms. The average Bonchev–Trinajstić information content (AvgIpc) is 3.06. The number of ketones is 2. The summed E-state index contributed by atoms with van der Waals surface area (Å²) in [5.41, 5.74) is -3.05. The van der Waals surface area contributed by atoms with Crippen molar-refractivity contribution in [2.45, 2.75) is 62.6 Å². The Bertz CT molecular complexity index is 1240. The summed E-state index contributed by atoms with van der Waals surface area (Å²) in [6.07, 6.45) is 3.79. The Morgan fingerprint density at radius 1 is 0.659 bits per heavy atom. The van der Waals surface area contributed by atoms with E-state index in [1.54, 1.807) is 62.6 Å². The quantitative estimate of drug-likeness (QED) is 0.370. The lowest BCUT2D eigenvalue weighted by molar-refractivity contribution is -0.148. The number of carbonyl (C=O) groups excluding carboxylic acids is 4. The van der Waals surface area contributed by atoms with Gasteiger partial charge in [0.1, 0.15) is 22.7 Å². The van der Waals surface area contributed by atoms with Crippen LogP contribution in [0.5, 0.6) is 11.5 Å². The molecule has 2 fully saturated rings. The summed E-state index contributed by atoms with van der Waals surface area (Å²) < 4.78 is 10.3. The van der Waals surface area contributed by atoms with Gasteiger partial charge in [-0.25, -0.2) is 0 Å². The minimum atomic E-state index is -1.83. The van der Waals surface area contributed by atoms with Crippen LogP contribution in [0.25, 0.3) is 0 Å². The third-order valence-electron chi connectivity index (χ3n) is 9.36. The van der Waals surface area contributed by atoms with Crippen molar-refractivity contribution < 1.29 is 38.9 Å². The van der Waals surface area contributed by atoms with E-state index in [1.807, 2.05) is 0 Å². The van der Waals surface area contributed by atoms with E-state index in [2.05, 4.69) is 0 Å². The predicted molar refractivity (Wildman–Crippen MR) is 164 cm³/mol. The third kappa shape index (κ3) is 6.66. The molecule has 2 aromatic carbocycles. The first-order valence-electron chi connectivity index (χ1n) is 15.3. The molecule has 4 atom stereocenters. The van der Waals surface area contributed by atoms with Gasteiger partial charge >= 0.3 is 0 Å². The lowest BCUT2D eigenvalue weighted by Crippen LogP contribution is -2.56. The molecule has 10 nitrogen and oxygen atoms in total. The lowest BCUT2D eigenvalue weighted by atomic mass is 9.70. The van der Waals surface area contributed by atoms with Crippen molar-refractivity contribution in [3.63, 3.8) is 0 Å². The third-order valence-corrected chi connectivity index (χ3v) is 9.36. The smallest absolute Gasteiger partial charge is 0.228 e. The Morgan fingerprint density at radius 2 is 1.00 bits per heavy atom. The zero-order chi connectivity index (χ0) is 32.1. The average molecular weight is 609 g/mol. The van der Waals surface area contributed by atoms with Crippen LogP contribution in [0.15, 0.2) is 48.5 Å². The number of aliphatic hydroxyl groups is 2. The standard InChI is InChI=1S/C34H44N2O8/c1-35(31(39)27-9-5-7-19-33(27,41)29(37)23-11-15-25(43-3)16-12-23)21-22-36(2)32(40)28-10-6-8-20-34(28,42)30(38)24-13-17-26(44-4)18-14-24/h11-18,27-28,41-42H,5-10,19-22H2,1-4H3. The molecule has 10 heteroatoms. The first kappa shape index (κ1) is 33.1. The number of likely N-dealkylation sites (N-methyl/N-ethyl adjacent to an activating group) is 2. The molecule has 238 valence electrons. The van der Waals surface area contributed by atoms with Crippen LogP contribution in [0.3, 0.4) is 0 Å². The van der Waals surface area contributed by atoms with Crippen molar-refractivity contribution in [2.24, 2.45) is 11.8 Å². The highest BCUT2D eigenvalue weighted by molar-refractivity contribution is 6.06. The molecule has 2 N–H and O–H groups in total. The van der Waals surface area contributed by atoms with E-state index >= 15 is 0 Å². The summed E-state index contributed by atoms with van der Waals surface area (Å²) in [5, 5.41) is 23.2. The van der Waals surface area contributed by atoms with Gasteiger partial charge in [-0.05, 0) is 74.2 Å². The van der Waals surface area contributed by atoms with Gasteiger partial charge in [0.05, 0.1) is 26.1 Å². The summed E-state index contributed by atoms with van der Waals surface area (Å²) in [4.78, 5) is 57.1. The van der Waals surface area contributed by atoms with Crippen LogP contribution < -0.4 is 9.47 Å². The number of carbonyl (C=O) groups is 4. The Morgan fingerprint density at radius 3 is 1.32 bits per heavy atom. The second-order valence-electron chi connectivity index (χ2n) is 12.1. The zero-order valence-corrected chi connectivity index (χ0v) is 26.1. The first-order valence-corrected chi connectivity index (χ1v) is 15.3. The lowest BCUT2D eigenvalue weighted by Gasteiger charge is -2.40. The van der Waals surface area contributed by atoms with Gasteiger partial charge < -0.3 is 29.5 Å². The fourth-order valence-electron chi connectivity index (χ4n) is 6.55. The number of nitrogens with zero attached hydrogens (tertiary/aromatic N) is 2. The molecule has 4 rings (SSSR count). The SMILES string of the molecule is COc1ccc(C(=O)C2(O)CCCCC2C(=O)N(C)CCN(C)C(=O)C2CCCCC2(O)C(=O)c2ccc(OC)cc2)cc1. The van der Waals surface area contributed by atoms with Crippen LogP contribution in [-0.2, 0) is 9.59 Å². The highest BCUT2D eigenvalue weighted by Crippen LogP contribution is 2.39. The minimum absolute atomic E-state index is 0.155. The topological polar surface area (TPSA) is 134 Å². The molecule has 2 saturated carbocycles. The fraction of sp³-hybridized carbons (Fsp3) is 0.529. The van der Waals surface area contributed by atoms with Gasteiger partial charge in [-0.1, -0.05) is 25.7 Å². The maximum absolute atomic E-state index is 13.6. The Hall–Kier alpha value is -3.76. The van der Waals surface area contributed by atoms with E-state index in [-0.39, 0.29) is 37.7 Å². The van der Waals surface area contributed by atoms with Crippen LogP contribution in [-0.4, -0.2) is 96.0 Å². The first-order chi connectivity index (χ1) is 21.0. The summed E-state index contributed by atoms with van der Waals surface area (Å²) in [5.74, 6) is -2.36. The van der Waals surface area contributed by atoms with Crippen LogP contribution in [0.2, 0.25) is 0 Å². The van der Waals surface area contributed by atoms with Gasteiger partial charge in [0.2, 0.25) is 11.8 Å².